The molecule has 0 bridgehead atoms. The van der Waals surface area contributed by atoms with Crippen LogP contribution in [0.5, 0.6) is 0 Å². The molecule has 0 aliphatic heterocycles. The highest BCUT2D eigenvalue weighted by Gasteiger charge is 2.23. The second kappa shape index (κ2) is 5.87. The first kappa shape index (κ1) is 14.9. The van der Waals surface area contributed by atoms with E-state index in [9.17, 15) is 9.59 Å². The van der Waals surface area contributed by atoms with Crippen LogP contribution < -0.4 is 0 Å². The van der Waals surface area contributed by atoms with E-state index < -0.39 is 0 Å². The van der Waals surface area contributed by atoms with Crippen molar-refractivity contribution in [1.29, 1.82) is 0 Å². The van der Waals surface area contributed by atoms with Gasteiger partial charge in [-0.15, -0.1) is 0 Å². The molecule has 0 heterocycles. The number of rotatable bonds is 5. The highest BCUT2D eigenvalue weighted by atomic mass is 16.2. The largest absolute Gasteiger partial charge is 0.347 e. The Bertz CT molecular complexity index is 260. The third-order valence-electron chi connectivity index (χ3n) is 2.88. The van der Waals surface area contributed by atoms with Crippen molar-refractivity contribution < 1.29 is 9.59 Å². The summed E-state index contributed by atoms with van der Waals surface area (Å²) in [7, 11) is 5.06. The molecule has 2 amide bonds. The summed E-state index contributed by atoms with van der Waals surface area (Å²) in [4.78, 5) is 26.3. The fraction of sp³-hybridized carbons (Fsp3) is 0.833. The third kappa shape index (κ3) is 5.14. The summed E-state index contributed by atoms with van der Waals surface area (Å²) >= 11 is 0. The molecular formula is C12H24N2O2. The average molecular weight is 228 g/mol. The molecule has 94 valence electrons. The topological polar surface area (TPSA) is 40.6 Å². The standard InChI is InChI=1S/C12H24N2O2/c1-7-12(2,3)8-10(15)14(6)9-11(16)13(4)5/h7-9H2,1-6H3. The Balaban J connectivity index is 4.25. The summed E-state index contributed by atoms with van der Waals surface area (Å²) in [5.74, 6) is -0.0211. The van der Waals surface area contributed by atoms with Crippen molar-refractivity contribution in [2.45, 2.75) is 33.6 Å². The van der Waals surface area contributed by atoms with Gasteiger partial charge in [0.05, 0.1) is 6.54 Å². The first-order chi connectivity index (χ1) is 7.19. The van der Waals surface area contributed by atoms with Gasteiger partial charge in [-0.2, -0.15) is 0 Å². The van der Waals surface area contributed by atoms with Gasteiger partial charge in [0.25, 0.3) is 0 Å². The summed E-state index contributed by atoms with van der Waals surface area (Å²) in [5, 5.41) is 0. The molecule has 0 spiro atoms. The van der Waals surface area contributed by atoms with Crippen molar-refractivity contribution >= 4 is 11.8 Å². The minimum absolute atomic E-state index is 0.00646. The van der Waals surface area contributed by atoms with Crippen molar-refractivity contribution in [2.75, 3.05) is 27.7 Å². The van der Waals surface area contributed by atoms with E-state index in [1.165, 1.54) is 9.80 Å². The number of carbonyl (C=O) groups is 2. The van der Waals surface area contributed by atoms with Gasteiger partial charge in [-0.25, -0.2) is 0 Å². The van der Waals surface area contributed by atoms with Gasteiger partial charge in [0.2, 0.25) is 11.8 Å². The van der Waals surface area contributed by atoms with Crippen molar-refractivity contribution in [2.24, 2.45) is 5.41 Å². The molecule has 0 atom stereocenters. The lowest BCUT2D eigenvalue weighted by molar-refractivity contribution is -0.139. The molecule has 16 heavy (non-hydrogen) atoms. The van der Waals surface area contributed by atoms with Crippen LogP contribution in [0, 0.1) is 5.41 Å². The zero-order valence-electron chi connectivity index (χ0n) is 11.3. The van der Waals surface area contributed by atoms with Gasteiger partial charge in [-0.3, -0.25) is 9.59 Å². The van der Waals surface area contributed by atoms with E-state index in [-0.39, 0.29) is 23.8 Å². The molecule has 4 nitrogen and oxygen atoms in total. The van der Waals surface area contributed by atoms with E-state index in [4.69, 9.17) is 0 Å². The maximum atomic E-state index is 11.8. The fourth-order valence-electron chi connectivity index (χ4n) is 1.10. The molecule has 0 saturated heterocycles. The minimum atomic E-state index is -0.0508. The van der Waals surface area contributed by atoms with Crippen LogP contribution in [0.25, 0.3) is 0 Å². The molecule has 0 rings (SSSR count). The van der Waals surface area contributed by atoms with Crippen LogP contribution in [-0.2, 0) is 9.59 Å². The Labute approximate surface area is 98.6 Å². The third-order valence-corrected chi connectivity index (χ3v) is 2.88. The Morgan fingerprint density at radius 1 is 1.06 bits per heavy atom. The zero-order valence-corrected chi connectivity index (χ0v) is 11.3. The summed E-state index contributed by atoms with van der Waals surface area (Å²) in [6.45, 7) is 6.35. The van der Waals surface area contributed by atoms with E-state index in [1.807, 2.05) is 0 Å². The van der Waals surface area contributed by atoms with Crippen molar-refractivity contribution in [3.63, 3.8) is 0 Å². The van der Waals surface area contributed by atoms with Gasteiger partial charge in [-0.05, 0) is 5.41 Å². The molecule has 0 aromatic rings. The number of carbonyl (C=O) groups excluding carboxylic acids is 2. The molecule has 0 aliphatic rings. The molecule has 0 unspecified atom stereocenters. The van der Waals surface area contributed by atoms with Gasteiger partial charge in [0, 0.05) is 27.6 Å². The number of amides is 2. The van der Waals surface area contributed by atoms with Crippen LogP contribution in [0.2, 0.25) is 0 Å². The molecule has 0 saturated carbocycles. The number of nitrogens with zero attached hydrogens (tertiary/aromatic N) is 2. The molecule has 0 N–H and O–H groups in total. The normalized spacial score (nSPS) is 11.1. The average Bonchev–Trinajstić information content (AvgIpc) is 2.16. The van der Waals surface area contributed by atoms with Crippen molar-refractivity contribution in [3.8, 4) is 0 Å². The highest BCUT2D eigenvalue weighted by Crippen LogP contribution is 2.24. The number of hydrogen-bond donors (Lipinski definition) is 0. The van der Waals surface area contributed by atoms with Crippen LogP contribution in [0.3, 0.4) is 0 Å². The SMILES string of the molecule is CCC(C)(C)CC(=O)N(C)CC(=O)N(C)C. The van der Waals surface area contributed by atoms with E-state index >= 15 is 0 Å². The number of likely N-dealkylation sites (N-methyl/N-ethyl adjacent to an activating group) is 2. The first-order valence-corrected chi connectivity index (χ1v) is 5.63. The molecule has 0 aliphatic carbocycles. The van der Waals surface area contributed by atoms with Crippen LogP contribution >= 0.6 is 0 Å². The second-order valence-electron chi connectivity index (χ2n) is 5.23. The number of hydrogen-bond acceptors (Lipinski definition) is 2. The Hall–Kier alpha value is -1.06. The quantitative estimate of drug-likeness (QED) is 0.713. The lowest BCUT2D eigenvalue weighted by Gasteiger charge is -2.26. The molecular weight excluding hydrogens is 204 g/mol. The van der Waals surface area contributed by atoms with Crippen LogP contribution in [0.4, 0.5) is 0 Å². The maximum absolute atomic E-state index is 11.8. The Morgan fingerprint density at radius 3 is 1.94 bits per heavy atom. The van der Waals surface area contributed by atoms with Gasteiger partial charge < -0.3 is 9.80 Å². The Kier molecular flexibility index (Phi) is 5.48. The minimum Gasteiger partial charge on any atom is -0.347 e. The van der Waals surface area contributed by atoms with Crippen LogP contribution in [0.1, 0.15) is 33.6 Å². The van der Waals surface area contributed by atoms with Gasteiger partial charge in [-0.1, -0.05) is 27.2 Å². The monoisotopic (exact) mass is 228 g/mol. The lowest BCUT2D eigenvalue weighted by Crippen LogP contribution is -2.39. The van der Waals surface area contributed by atoms with Gasteiger partial charge in [0.1, 0.15) is 0 Å². The van der Waals surface area contributed by atoms with Crippen LogP contribution in [-0.4, -0.2) is 49.3 Å². The van der Waals surface area contributed by atoms with Gasteiger partial charge >= 0.3 is 0 Å². The summed E-state index contributed by atoms with van der Waals surface area (Å²) in [5.41, 5.74) is 0.00646. The van der Waals surface area contributed by atoms with E-state index in [2.05, 4.69) is 20.8 Å². The summed E-state index contributed by atoms with van der Waals surface area (Å²) < 4.78 is 0. The van der Waals surface area contributed by atoms with E-state index in [0.717, 1.165) is 6.42 Å². The van der Waals surface area contributed by atoms with E-state index in [0.29, 0.717) is 6.42 Å². The molecule has 0 fully saturated rings. The lowest BCUT2D eigenvalue weighted by atomic mass is 9.86. The summed E-state index contributed by atoms with van der Waals surface area (Å²) in [6, 6.07) is 0. The van der Waals surface area contributed by atoms with Crippen LogP contribution in [0.15, 0.2) is 0 Å². The fourth-order valence-corrected chi connectivity index (χ4v) is 1.10. The second-order valence-corrected chi connectivity index (χ2v) is 5.23. The Morgan fingerprint density at radius 2 is 1.56 bits per heavy atom. The van der Waals surface area contributed by atoms with Crippen molar-refractivity contribution in [3.05, 3.63) is 0 Å². The molecule has 0 radical (unpaired) electrons. The summed E-state index contributed by atoms with van der Waals surface area (Å²) in [6.07, 6.45) is 1.44. The zero-order chi connectivity index (χ0) is 12.9. The first-order valence-electron chi connectivity index (χ1n) is 5.63. The molecule has 4 heteroatoms. The molecule has 0 aromatic heterocycles. The van der Waals surface area contributed by atoms with Gasteiger partial charge in [0.15, 0.2) is 0 Å². The van der Waals surface area contributed by atoms with Crippen molar-refractivity contribution in [1.82, 2.24) is 9.80 Å². The maximum Gasteiger partial charge on any atom is 0.241 e. The molecule has 0 aromatic carbocycles. The predicted molar refractivity (Wildman–Crippen MR) is 65.0 cm³/mol. The van der Waals surface area contributed by atoms with E-state index in [1.54, 1.807) is 21.1 Å². The smallest absolute Gasteiger partial charge is 0.241 e. The predicted octanol–water partition coefficient (Wildman–Crippen LogP) is 1.36. The highest BCUT2D eigenvalue weighted by molar-refractivity contribution is 5.84.